The van der Waals surface area contributed by atoms with E-state index in [-0.39, 0.29) is 0 Å². The summed E-state index contributed by atoms with van der Waals surface area (Å²) in [5.74, 6) is 0.757. The zero-order valence-electron chi connectivity index (χ0n) is 10.3. The Balaban J connectivity index is 1.97. The summed E-state index contributed by atoms with van der Waals surface area (Å²) < 4.78 is 0. The van der Waals surface area contributed by atoms with Gasteiger partial charge in [0.05, 0.1) is 0 Å². The van der Waals surface area contributed by atoms with Gasteiger partial charge in [0.1, 0.15) is 0 Å². The van der Waals surface area contributed by atoms with Crippen LogP contribution in [-0.2, 0) is 0 Å². The zero-order valence-corrected chi connectivity index (χ0v) is 11.1. The van der Waals surface area contributed by atoms with Gasteiger partial charge in [0.2, 0.25) is 0 Å². The molecule has 1 saturated heterocycles. The Morgan fingerprint density at radius 1 is 1.50 bits per heavy atom. The predicted octanol–water partition coefficient (Wildman–Crippen LogP) is 2.79. The van der Waals surface area contributed by atoms with Crippen molar-refractivity contribution in [3.63, 3.8) is 0 Å². The number of thiophene rings is 1. The minimum Gasteiger partial charge on any atom is -0.330 e. The average molecular weight is 238 g/mol. The van der Waals surface area contributed by atoms with Crippen LogP contribution in [0, 0.1) is 12.8 Å². The number of hydrogen-bond donors (Lipinski definition) is 1. The molecule has 0 radical (unpaired) electrons. The highest BCUT2D eigenvalue weighted by Gasteiger charge is 2.23. The topological polar surface area (TPSA) is 29.3 Å². The molecule has 2 rings (SSSR count). The largest absolute Gasteiger partial charge is 0.330 e. The number of likely N-dealkylation sites (tertiary alicyclic amines) is 1. The number of aryl methyl sites for hydroxylation is 1. The van der Waals surface area contributed by atoms with E-state index in [1.807, 2.05) is 11.3 Å². The van der Waals surface area contributed by atoms with Crippen molar-refractivity contribution < 1.29 is 0 Å². The number of piperidine rings is 1. The molecule has 2 nitrogen and oxygen atoms in total. The van der Waals surface area contributed by atoms with Gasteiger partial charge in [0.15, 0.2) is 0 Å². The Morgan fingerprint density at radius 2 is 2.19 bits per heavy atom. The smallest absolute Gasteiger partial charge is 0.0415 e. The number of nitrogens with two attached hydrogens (primary N) is 1. The molecular formula is C13H22N2S. The third-order valence-corrected chi connectivity index (χ3v) is 5.00. The van der Waals surface area contributed by atoms with Gasteiger partial charge < -0.3 is 5.73 Å². The molecule has 0 bridgehead atoms. The van der Waals surface area contributed by atoms with Gasteiger partial charge >= 0.3 is 0 Å². The second-order valence-corrected chi connectivity index (χ2v) is 5.81. The molecule has 0 aromatic carbocycles. The SMILES string of the molecule is Cc1ccsc1C(C)N1CCC(CN)CC1. The molecule has 1 aliphatic rings. The Hall–Kier alpha value is -0.380. The van der Waals surface area contributed by atoms with Gasteiger partial charge in [-0.05, 0) is 69.3 Å². The summed E-state index contributed by atoms with van der Waals surface area (Å²) in [5.41, 5.74) is 7.17. The Bertz CT molecular complexity index is 326. The maximum absolute atomic E-state index is 5.73. The molecule has 0 aliphatic carbocycles. The molecule has 1 aliphatic heterocycles. The lowest BCUT2D eigenvalue weighted by Crippen LogP contribution is -2.37. The summed E-state index contributed by atoms with van der Waals surface area (Å²) >= 11 is 1.89. The number of hydrogen-bond acceptors (Lipinski definition) is 3. The highest BCUT2D eigenvalue weighted by atomic mass is 32.1. The van der Waals surface area contributed by atoms with Crippen LogP contribution < -0.4 is 5.73 Å². The molecule has 2 heterocycles. The van der Waals surface area contributed by atoms with Gasteiger partial charge in [-0.3, -0.25) is 4.90 Å². The van der Waals surface area contributed by atoms with Crippen molar-refractivity contribution in [3.05, 3.63) is 21.9 Å². The van der Waals surface area contributed by atoms with E-state index in [2.05, 4.69) is 30.2 Å². The van der Waals surface area contributed by atoms with Gasteiger partial charge in [-0.15, -0.1) is 11.3 Å². The maximum atomic E-state index is 5.73. The second kappa shape index (κ2) is 5.30. The van der Waals surface area contributed by atoms with Gasteiger partial charge in [-0.25, -0.2) is 0 Å². The summed E-state index contributed by atoms with van der Waals surface area (Å²) in [6.07, 6.45) is 2.54. The van der Waals surface area contributed by atoms with E-state index in [4.69, 9.17) is 5.73 Å². The van der Waals surface area contributed by atoms with E-state index in [0.717, 1.165) is 12.5 Å². The van der Waals surface area contributed by atoms with Crippen molar-refractivity contribution in [3.8, 4) is 0 Å². The monoisotopic (exact) mass is 238 g/mol. The van der Waals surface area contributed by atoms with Crippen molar-refractivity contribution in [2.24, 2.45) is 11.7 Å². The molecule has 0 saturated carbocycles. The highest BCUT2D eigenvalue weighted by molar-refractivity contribution is 7.10. The fourth-order valence-electron chi connectivity index (χ4n) is 2.55. The van der Waals surface area contributed by atoms with Crippen molar-refractivity contribution in [1.29, 1.82) is 0 Å². The number of nitrogens with zero attached hydrogens (tertiary/aromatic N) is 1. The van der Waals surface area contributed by atoms with Crippen LogP contribution in [0.15, 0.2) is 11.4 Å². The van der Waals surface area contributed by atoms with Crippen molar-refractivity contribution in [1.82, 2.24) is 4.90 Å². The third kappa shape index (κ3) is 2.47. The molecule has 1 unspecified atom stereocenters. The van der Waals surface area contributed by atoms with Gasteiger partial charge in [0.25, 0.3) is 0 Å². The lowest BCUT2D eigenvalue weighted by molar-refractivity contribution is 0.145. The summed E-state index contributed by atoms with van der Waals surface area (Å²) in [7, 11) is 0. The molecular weight excluding hydrogens is 216 g/mol. The van der Waals surface area contributed by atoms with Crippen LogP contribution in [0.3, 0.4) is 0 Å². The molecule has 16 heavy (non-hydrogen) atoms. The predicted molar refractivity (Wildman–Crippen MR) is 70.8 cm³/mol. The van der Waals surface area contributed by atoms with Crippen LogP contribution in [0.5, 0.6) is 0 Å². The number of rotatable bonds is 3. The first-order chi connectivity index (χ1) is 7.72. The van der Waals surface area contributed by atoms with Crippen molar-refractivity contribution in [2.45, 2.75) is 32.7 Å². The van der Waals surface area contributed by atoms with Crippen molar-refractivity contribution >= 4 is 11.3 Å². The summed E-state index contributed by atoms with van der Waals surface area (Å²) in [4.78, 5) is 4.14. The molecule has 1 aromatic heterocycles. The van der Waals surface area contributed by atoms with Crippen LogP contribution >= 0.6 is 11.3 Å². The summed E-state index contributed by atoms with van der Waals surface area (Å²) in [6, 6.07) is 2.81. The molecule has 2 N–H and O–H groups in total. The second-order valence-electron chi connectivity index (χ2n) is 4.86. The lowest BCUT2D eigenvalue weighted by Gasteiger charge is -2.35. The van der Waals surface area contributed by atoms with E-state index >= 15 is 0 Å². The van der Waals surface area contributed by atoms with Crippen LogP contribution in [0.4, 0.5) is 0 Å². The Labute approximate surface area is 102 Å². The third-order valence-electron chi connectivity index (χ3n) is 3.81. The molecule has 3 heteroatoms. The Kier molecular flexibility index (Phi) is 4.00. The minimum absolute atomic E-state index is 0.582. The van der Waals surface area contributed by atoms with E-state index in [1.165, 1.54) is 36.4 Å². The summed E-state index contributed by atoms with van der Waals surface area (Å²) in [6.45, 7) is 7.83. The first-order valence-electron chi connectivity index (χ1n) is 6.20. The molecule has 0 spiro atoms. The van der Waals surface area contributed by atoms with Crippen LogP contribution in [0.2, 0.25) is 0 Å². The fourth-order valence-corrected chi connectivity index (χ4v) is 3.57. The summed E-state index contributed by atoms with van der Waals surface area (Å²) in [5, 5.41) is 2.20. The Morgan fingerprint density at radius 3 is 2.69 bits per heavy atom. The minimum atomic E-state index is 0.582. The first-order valence-corrected chi connectivity index (χ1v) is 7.08. The van der Waals surface area contributed by atoms with Gasteiger partial charge in [0, 0.05) is 10.9 Å². The van der Waals surface area contributed by atoms with Crippen LogP contribution in [0.1, 0.15) is 36.2 Å². The van der Waals surface area contributed by atoms with E-state index < -0.39 is 0 Å². The molecule has 0 amide bonds. The van der Waals surface area contributed by atoms with Gasteiger partial charge in [-0.1, -0.05) is 0 Å². The fraction of sp³-hybridized carbons (Fsp3) is 0.692. The van der Waals surface area contributed by atoms with E-state index in [0.29, 0.717) is 6.04 Å². The highest BCUT2D eigenvalue weighted by Crippen LogP contribution is 2.31. The standard InChI is InChI=1S/C13H22N2S/c1-10-5-8-16-13(10)11(2)15-6-3-12(9-14)4-7-15/h5,8,11-12H,3-4,6-7,9,14H2,1-2H3. The quantitative estimate of drug-likeness (QED) is 0.877. The van der Waals surface area contributed by atoms with Crippen LogP contribution in [0.25, 0.3) is 0 Å². The average Bonchev–Trinajstić information content (AvgIpc) is 2.75. The maximum Gasteiger partial charge on any atom is 0.0415 e. The first kappa shape index (κ1) is 12.1. The molecule has 1 atom stereocenters. The molecule has 1 aromatic rings. The van der Waals surface area contributed by atoms with Crippen molar-refractivity contribution in [2.75, 3.05) is 19.6 Å². The normalized spacial score (nSPS) is 21.2. The van der Waals surface area contributed by atoms with E-state index in [1.54, 1.807) is 0 Å². The lowest BCUT2D eigenvalue weighted by atomic mass is 9.96. The molecule has 90 valence electrons. The van der Waals surface area contributed by atoms with Gasteiger partial charge in [-0.2, -0.15) is 0 Å². The molecule has 1 fully saturated rings. The van der Waals surface area contributed by atoms with Crippen LogP contribution in [-0.4, -0.2) is 24.5 Å². The van der Waals surface area contributed by atoms with E-state index in [9.17, 15) is 0 Å². The zero-order chi connectivity index (χ0) is 11.5.